The Balaban J connectivity index is 1.68. The zero-order valence-electron chi connectivity index (χ0n) is 10.2. The summed E-state index contributed by atoms with van der Waals surface area (Å²) in [5, 5.41) is 0. The van der Waals surface area contributed by atoms with Gasteiger partial charge in [-0.3, -0.25) is 11.3 Å². The van der Waals surface area contributed by atoms with Crippen molar-refractivity contribution in [1.29, 1.82) is 0 Å². The molecule has 2 saturated carbocycles. The molecule has 0 heterocycles. The second-order valence-electron chi connectivity index (χ2n) is 5.74. The molecular weight excluding hydrogens is 234 g/mol. The Hall–Kier alpha value is -1.00. The molecule has 3 atom stereocenters. The molecule has 0 bridgehead atoms. The molecule has 1 aromatic rings. The smallest absolute Gasteiger partial charge is 0.126 e. The highest BCUT2D eigenvalue weighted by Crippen LogP contribution is 2.55. The lowest BCUT2D eigenvalue weighted by Crippen LogP contribution is -2.42. The van der Waals surface area contributed by atoms with Crippen LogP contribution in [0, 0.1) is 29.4 Å². The molecule has 1 aromatic carbocycles. The van der Waals surface area contributed by atoms with Gasteiger partial charge in [0.25, 0.3) is 0 Å². The number of fused-ring (bicyclic) bond motifs is 1. The summed E-state index contributed by atoms with van der Waals surface area (Å²) in [6.45, 7) is 0. The second kappa shape index (κ2) is 4.59. The summed E-state index contributed by atoms with van der Waals surface area (Å²) in [4.78, 5) is 0. The molecular formula is C14H18F2N2. The van der Waals surface area contributed by atoms with Crippen molar-refractivity contribution in [3.8, 4) is 0 Å². The third kappa shape index (κ3) is 2.40. The van der Waals surface area contributed by atoms with E-state index in [9.17, 15) is 8.78 Å². The van der Waals surface area contributed by atoms with Crippen LogP contribution in [0.15, 0.2) is 18.2 Å². The van der Waals surface area contributed by atoms with Crippen LogP contribution in [-0.4, -0.2) is 6.04 Å². The maximum Gasteiger partial charge on any atom is 0.126 e. The summed E-state index contributed by atoms with van der Waals surface area (Å²) >= 11 is 0. The highest BCUT2D eigenvalue weighted by molar-refractivity contribution is 5.19. The highest BCUT2D eigenvalue weighted by atomic mass is 19.1. The maximum absolute atomic E-state index is 13.1. The Kier molecular flexibility index (Phi) is 3.08. The fourth-order valence-corrected chi connectivity index (χ4v) is 3.43. The Morgan fingerprint density at radius 2 is 1.72 bits per heavy atom. The molecule has 3 N–H and O–H groups in total. The van der Waals surface area contributed by atoms with E-state index < -0.39 is 11.6 Å². The first-order valence-corrected chi connectivity index (χ1v) is 6.57. The highest BCUT2D eigenvalue weighted by Gasteiger charge is 2.47. The van der Waals surface area contributed by atoms with E-state index in [4.69, 9.17) is 5.84 Å². The third-order valence-corrected chi connectivity index (χ3v) is 4.44. The van der Waals surface area contributed by atoms with Crippen LogP contribution in [-0.2, 0) is 6.42 Å². The molecule has 2 aliphatic rings. The van der Waals surface area contributed by atoms with Crippen LogP contribution in [0.4, 0.5) is 8.78 Å². The fourth-order valence-electron chi connectivity index (χ4n) is 3.43. The van der Waals surface area contributed by atoms with Crippen molar-refractivity contribution < 1.29 is 8.78 Å². The van der Waals surface area contributed by atoms with Crippen LogP contribution in [0.2, 0.25) is 0 Å². The molecule has 0 saturated heterocycles. The number of rotatable bonds is 4. The van der Waals surface area contributed by atoms with Crippen LogP contribution < -0.4 is 11.3 Å². The van der Waals surface area contributed by atoms with Crippen molar-refractivity contribution in [3.63, 3.8) is 0 Å². The van der Waals surface area contributed by atoms with Gasteiger partial charge >= 0.3 is 0 Å². The summed E-state index contributed by atoms with van der Waals surface area (Å²) in [6, 6.07) is 3.81. The van der Waals surface area contributed by atoms with Gasteiger partial charge in [0.1, 0.15) is 11.6 Å². The number of halogens is 2. The monoisotopic (exact) mass is 252 g/mol. The molecule has 2 aliphatic carbocycles. The standard InChI is InChI=1S/C14H18F2N2/c15-12-1-8(2-13(16)7-12)3-14(18-17)11-5-9-4-10(9)6-11/h1-2,7,9-11,14,18H,3-6,17H2. The van der Waals surface area contributed by atoms with Gasteiger partial charge in [0.2, 0.25) is 0 Å². The van der Waals surface area contributed by atoms with Crippen molar-refractivity contribution in [2.24, 2.45) is 23.6 Å². The van der Waals surface area contributed by atoms with Gasteiger partial charge < -0.3 is 0 Å². The first-order chi connectivity index (χ1) is 8.65. The van der Waals surface area contributed by atoms with Crippen molar-refractivity contribution in [2.75, 3.05) is 0 Å². The number of nitrogens with two attached hydrogens (primary N) is 1. The molecule has 0 spiro atoms. The zero-order chi connectivity index (χ0) is 12.7. The SMILES string of the molecule is NNC(Cc1cc(F)cc(F)c1)C1CC2CC2C1. The minimum atomic E-state index is -0.518. The first kappa shape index (κ1) is 12.1. The van der Waals surface area contributed by atoms with E-state index in [-0.39, 0.29) is 6.04 Å². The third-order valence-electron chi connectivity index (χ3n) is 4.44. The number of hydrogen-bond acceptors (Lipinski definition) is 2. The van der Waals surface area contributed by atoms with Crippen LogP contribution in [0.25, 0.3) is 0 Å². The van der Waals surface area contributed by atoms with E-state index in [0.29, 0.717) is 17.9 Å². The van der Waals surface area contributed by atoms with Gasteiger partial charge in [0, 0.05) is 12.1 Å². The largest absolute Gasteiger partial charge is 0.271 e. The first-order valence-electron chi connectivity index (χ1n) is 6.57. The minimum Gasteiger partial charge on any atom is -0.271 e. The van der Waals surface area contributed by atoms with Gasteiger partial charge in [-0.1, -0.05) is 0 Å². The Morgan fingerprint density at radius 3 is 2.28 bits per heavy atom. The summed E-state index contributed by atoms with van der Waals surface area (Å²) in [5.74, 6) is 6.88. The molecule has 2 fully saturated rings. The average molecular weight is 252 g/mol. The Morgan fingerprint density at radius 1 is 1.11 bits per heavy atom. The van der Waals surface area contributed by atoms with Crippen molar-refractivity contribution in [3.05, 3.63) is 35.4 Å². The van der Waals surface area contributed by atoms with Gasteiger partial charge in [-0.25, -0.2) is 8.78 Å². The van der Waals surface area contributed by atoms with Gasteiger partial charge in [-0.2, -0.15) is 0 Å². The molecule has 98 valence electrons. The lowest BCUT2D eigenvalue weighted by molar-refractivity contribution is 0.335. The molecule has 3 unspecified atom stereocenters. The lowest BCUT2D eigenvalue weighted by Gasteiger charge is -2.24. The van der Waals surface area contributed by atoms with E-state index in [1.165, 1.54) is 31.4 Å². The predicted molar refractivity (Wildman–Crippen MR) is 65.5 cm³/mol. The van der Waals surface area contributed by atoms with E-state index in [2.05, 4.69) is 5.43 Å². The van der Waals surface area contributed by atoms with Crippen molar-refractivity contribution in [2.45, 2.75) is 31.7 Å². The lowest BCUT2D eigenvalue weighted by atomic mass is 9.90. The second-order valence-corrected chi connectivity index (χ2v) is 5.74. The van der Waals surface area contributed by atoms with E-state index >= 15 is 0 Å². The summed E-state index contributed by atoms with van der Waals surface area (Å²) in [6.07, 6.45) is 4.37. The summed E-state index contributed by atoms with van der Waals surface area (Å²) in [5.41, 5.74) is 3.50. The van der Waals surface area contributed by atoms with Gasteiger partial charge in [0.05, 0.1) is 0 Å². The van der Waals surface area contributed by atoms with E-state index in [0.717, 1.165) is 17.9 Å². The van der Waals surface area contributed by atoms with E-state index in [1.807, 2.05) is 0 Å². The van der Waals surface area contributed by atoms with Gasteiger partial charge in [-0.05, 0) is 61.1 Å². The fraction of sp³-hybridized carbons (Fsp3) is 0.571. The Bertz CT molecular complexity index is 419. The molecule has 18 heavy (non-hydrogen) atoms. The normalized spacial score (nSPS) is 31.2. The van der Waals surface area contributed by atoms with Crippen LogP contribution in [0.3, 0.4) is 0 Å². The van der Waals surface area contributed by atoms with Gasteiger partial charge in [0.15, 0.2) is 0 Å². The summed E-state index contributed by atoms with van der Waals surface area (Å²) < 4.78 is 26.3. The van der Waals surface area contributed by atoms with Gasteiger partial charge in [-0.15, -0.1) is 0 Å². The number of hydrogen-bond donors (Lipinski definition) is 2. The maximum atomic E-state index is 13.1. The Labute approximate surface area is 106 Å². The summed E-state index contributed by atoms with van der Waals surface area (Å²) in [7, 11) is 0. The molecule has 2 nitrogen and oxygen atoms in total. The minimum absolute atomic E-state index is 0.124. The molecule has 0 radical (unpaired) electrons. The molecule has 4 heteroatoms. The zero-order valence-corrected chi connectivity index (χ0v) is 10.2. The van der Waals surface area contributed by atoms with Crippen LogP contribution >= 0.6 is 0 Å². The quantitative estimate of drug-likeness (QED) is 0.638. The molecule has 3 rings (SSSR count). The number of nitrogens with one attached hydrogen (secondary N) is 1. The van der Waals surface area contributed by atoms with Crippen molar-refractivity contribution >= 4 is 0 Å². The molecule has 0 amide bonds. The average Bonchev–Trinajstić information content (AvgIpc) is 2.92. The molecule has 0 aliphatic heterocycles. The van der Waals surface area contributed by atoms with E-state index in [1.54, 1.807) is 0 Å². The van der Waals surface area contributed by atoms with Crippen LogP contribution in [0.5, 0.6) is 0 Å². The number of benzene rings is 1. The number of hydrazine groups is 1. The molecule has 0 aromatic heterocycles. The topological polar surface area (TPSA) is 38.0 Å². The predicted octanol–water partition coefficient (Wildman–Crippen LogP) is 2.39. The van der Waals surface area contributed by atoms with Crippen molar-refractivity contribution in [1.82, 2.24) is 5.43 Å². The van der Waals surface area contributed by atoms with Crippen LogP contribution in [0.1, 0.15) is 24.8 Å².